The van der Waals surface area contributed by atoms with Gasteiger partial charge in [0.25, 0.3) is 0 Å². The molecule has 0 rings (SSSR count). The van der Waals surface area contributed by atoms with Crippen molar-refractivity contribution in [2.24, 2.45) is 5.41 Å². The molecular formula is C10H23N. The van der Waals surface area contributed by atoms with Gasteiger partial charge < -0.3 is 5.32 Å². The molecule has 0 saturated heterocycles. The second kappa shape index (κ2) is 4.76. The first-order valence-electron chi connectivity index (χ1n) is 4.75. The first kappa shape index (κ1) is 11.0. The fourth-order valence-electron chi connectivity index (χ4n) is 1.38. The number of rotatable bonds is 4. The van der Waals surface area contributed by atoms with Crippen LogP contribution in [0.1, 0.15) is 47.5 Å². The monoisotopic (exact) mass is 157 g/mol. The average molecular weight is 157 g/mol. The van der Waals surface area contributed by atoms with Gasteiger partial charge in [-0.1, -0.05) is 41.0 Å². The van der Waals surface area contributed by atoms with Gasteiger partial charge in [0.15, 0.2) is 0 Å². The van der Waals surface area contributed by atoms with E-state index in [-0.39, 0.29) is 0 Å². The second-order valence-electron chi connectivity index (χ2n) is 4.26. The van der Waals surface area contributed by atoms with Gasteiger partial charge in [0.05, 0.1) is 0 Å². The lowest BCUT2D eigenvalue weighted by Gasteiger charge is -2.31. The average Bonchev–Trinajstić information content (AvgIpc) is 1.85. The van der Waals surface area contributed by atoms with E-state index in [2.05, 4.69) is 39.9 Å². The van der Waals surface area contributed by atoms with Gasteiger partial charge in [0.1, 0.15) is 0 Å². The van der Waals surface area contributed by atoms with Crippen molar-refractivity contribution >= 4 is 0 Å². The summed E-state index contributed by atoms with van der Waals surface area (Å²) in [5, 5.41) is 3.52. The van der Waals surface area contributed by atoms with E-state index in [1.54, 1.807) is 0 Å². The zero-order valence-electron chi connectivity index (χ0n) is 8.70. The minimum absolute atomic E-state index is 0.409. The quantitative estimate of drug-likeness (QED) is 0.661. The van der Waals surface area contributed by atoms with E-state index in [0.717, 1.165) is 6.54 Å². The van der Waals surface area contributed by atoms with Gasteiger partial charge in [0.2, 0.25) is 0 Å². The highest BCUT2D eigenvalue weighted by atomic mass is 14.9. The van der Waals surface area contributed by atoms with Crippen molar-refractivity contribution < 1.29 is 0 Å². The zero-order valence-corrected chi connectivity index (χ0v) is 8.70. The summed E-state index contributed by atoms with van der Waals surface area (Å²) in [5.74, 6) is 0. The van der Waals surface area contributed by atoms with E-state index in [0.29, 0.717) is 11.5 Å². The maximum Gasteiger partial charge on any atom is 0.0115 e. The molecule has 1 atom stereocenters. The fraction of sp³-hybridized carbons (Fsp3) is 1.00. The molecule has 0 bridgehead atoms. The maximum absolute atomic E-state index is 3.52. The standard InChI is InChI=1S/C10H23N/c1-6-8-9(11-7-2)10(3,4)5/h9,11H,6-8H2,1-5H3/t9-/m1/s1. The SMILES string of the molecule is CCC[C@@H](NCC)C(C)(C)C. The molecule has 0 fully saturated rings. The summed E-state index contributed by atoms with van der Waals surface area (Å²) < 4.78 is 0. The summed E-state index contributed by atoms with van der Waals surface area (Å²) in [7, 11) is 0. The Labute approximate surface area is 71.6 Å². The normalized spacial score (nSPS) is 15.0. The van der Waals surface area contributed by atoms with Crippen LogP contribution < -0.4 is 5.32 Å². The van der Waals surface area contributed by atoms with Gasteiger partial charge >= 0.3 is 0 Å². The minimum Gasteiger partial charge on any atom is -0.314 e. The Morgan fingerprint density at radius 2 is 1.73 bits per heavy atom. The van der Waals surface area contributed by atoms with E-state index in [4.69, 9.17) is 0 Å². The lowest BCUT2D eigenvalue weighted by Crippen LogP contribution is -2.39. The molecular weight excluding hydrogens is 134 g/mol. The van der Waals surface area contributed by atoms with Gasteiger partial charge in [-0.25, -0.2) is 0 Å². The van der Waals surface area contributed by atoms with Gasteiger partial charge in [-0.2, -0.15) is 0 Å². The number of hydrogen-bond acceptors (Lipinski definition) is 1. The van der Waals surface area contributed by atoms with Crippen LogP contribution in [0.4, 0.5) is 0 Å². The van der Waals surface area contributed by atoms with Crippen LogP contribution in [0, 0.1) is 5.41 Å². The number of nitrogens with one attached hydrogen (secondary N) is 1. The van der Waals surface area contributed by atoms with Crippen molar-refractivity contribution in [3.05, 3.63) is 0 Å². The Hall–Kier alpha value is -0.0400. The summed E-state index contributed by atoms with van der Waals surface area (Å²) in [5.41, 5.74) is 0.409. The van der Waals surface area contributed by atoms with E-state index >= 15 is 0 Å². The number of hydrogen-bond donors (Lipinski definition) is 1. The predicted molar refractivity (Wildman–Crippen MR) is 51.8 cm³/mol. The highest BCUT2D eigenvalue weighted by Gasteiger charge is 2.21. The third-order valence-electron chi connectivity index (χ3n) is 2.07. The highest BCUT2D eigenvalue weighted by Crippen LogP contribution is 2.22. The Morgan fingerprint density at radius 3 is 2.00 bits per heavy atom. The van der Waals surface area contributed by atoms with E-state index < -0.39 is 0 Å². The molecule has 0 aliphatic heterocycles. The van der Waals surface area contributed by atoms with Crippen LogP contribution in [0.15, 0.2) is 0 Å². The molecule has 0 amide bonds. The van der Waals surface area contributed by atoms with Crippen molar-refractivity contribution in [1.29, 1.82) is 0 Å². The molecule has 1 N–H and O–H groups in total. The van der Waals surface area contributed by atoms with E-state index in [1.165, 1.54) is 12.8 Å². The predicted octanol–water partition coefficient (Wildman–Crippen LogP) is 2.81. The molecule has 11 heavy (non-hydrogen) atoms. The van der Waals surface area contributed by atoms with Gasteiger partial charge in [0, 0.05) is 6.04 Å². The van der Waals surface area contributed by atoms with Crippen LogP contribution in [0.2, 0.25) is 0 Å². The second-order valence-corrected chi connectivity index (χ2v) is 4.26. The highest BCUT2D eigenvalue weighted by molar-refractivity contribution is 4.79. The first-order chi connectivity index (χ1) is 5.02. The lowest BCUT2D eigenvalue weighted by molar-refractivity contribution is 0.257. The zero-order chi connectivity index (χ0) is 8.91. The molecule has 0 aromatic carbocycles. The molecule has 1 nitrogen and oxygen atoms in total. The molecule has 0 spiro atoms. The summed E-state index contributed by atoms with van der Waals surface area (Å²) in [4.78, 5) is 0. The first-order valence-corrected chi connectivity index (χ1v) is 4.75. The van der Waals surface area contributed by atoms with Gasteiger partial charge in [-0.15, -0.1) is 0 Å². The summed E-state index contributed by atoms with van der Waals surface area (Å²) in [6.45, 7) is 12.4. The van der Waals surface area contributed by atoms with Crippen LogP contribution in [0.5, 0.6) is 0 Å². The Balaban J connectivity index is 3.88. The molecule has 0 aromatic rings. The van der Waals surface area contributed by atoms with Crippen LogP contribution in [-0.2, 0) is 0 Å². The Bertz CT molecular complexity index is 85.5. The molecule has 68 valence electrons. The minimum atomic E-state index is 0.409. The van der Waals surface area contributed by atoms with Crippen molar-refractivity contribution in [2.45, 2.75) is 53.5 Å². The van der Waals surface area contributed by atoms with Crippen molar-refractivity contribution in [1.82, 2.24) is 5.32 Å². The van der Waals surface area contributed by atoms with Crippen LogP contribution in [-0.4, -0.2) is 12.6 Å². The van der Waals surface area contributed by atoms with Crippen molar-refractivity contribution in [3.8, 4) is 0 Å². The summed E-state index contributed by atoms with van der Waals surface area (Å²) in [6.07, 6.45) is 2.56. The van der Waals surface area contributed by atoms with Crippen molar-refractivity contribution in [3.63, 3.8) is 0 Å². The largest absolute Gasteiger partial charge is 0.314 e. The van der Waals surface area contributed by atoms with E-state index in [1.807, 2.05) is 0 Å². The van der Waals surface area contributed by atoms with Crippen LogP contribution in [0.3, 0.4) is 0 Å². The molecule has 0 saturated carbocycles. The Morgan fingerprint density at radius 1 is 1.18 bits per heavy atom. The fourth-order valence-corrected chi connectivity index (χ4v) is 1.38. The molecule has 0 radical (unpaired) electrons. The smallest absolute Gasteiger partial charge is 0.0115 e. The third kappa shape index (κ3) is 4.41. The summed E-state index contributed by atoms with van der Waals surface area (Å²) in [6, 6.07) is 0.678. The molecule has 0 aromatic heterocycles. The van der Waals surface area contributed by atoms with Crippen molar-refractivity contribution in [2.75, 3.05) is 6.54 Å². The topological polar surface area (TPSA) is 12.0 Å². The Kier molecular flexibility index (Phi) is 4.74. The third-order valence-corrected chi connectivity index (χ3v) is 2.07. The molecule has 1 heteroatoms. The summed E-state index contributed by atoms with van der Waals surface area (Å²) >= 11 is 0. The van der Waals surface area contributed by atoms with Crippen LogP contribution in [0.25, 0.3) is 0 Å². The van der Waals surface area contributed by atoms with Gasteiger partial charge in [-0.3, -0.25) is 0 Å². The molecule has 0 aliphatic rings. The van der Waals surface area contributed by atoms with Crippen LogP contribution >= 0.6 is 0 Å². The maximum atomic E-state index is 3.52. The van der Waals surface area contributed by atoms with Gasteiger partial charge in [-0.05, 0) is 18.4 Å². The lowest BCUT2D eigenvalue weighted by atomic mass is 9.84. The van der Waals surface area contributed by atoms with E-state index in [9.17, 15) is 0 Å². The molecule has 0 unspecified atom stereocenters. The molecule has 0 aliphatic carbocycles. The molecule has 0 heterocycles.